The highest BCUT2D eigenvalue weighted by atomic mass is 16.5. The van der Waals surface area contributed by atoms with Gasteiger partial charge >= 0.3 is 5.97 Å². The molecular formula is C18H16O3. The van der Waals surface area contributed by atoms with Gasteiger partial charge in [-0.25, -0.2) is 0 Å². The van der Waals surface area contributed by atoms with Crippen LogP contribution in [0.25, 0.3) is 0 Å². The molecule has 0 N–H and O–H groups in total. The van der Waals surface area contributed by atoms with Crippen LogP contribution >= 0.6 is 0 Å². The van der Waals surface area contributed by atoms with Gasteiger partial charge in [-0.05, 0) is 29.8 Å². The first-order valence-electron chi connectivity index (χ1n) is 6.60. The lowest BCUT2D eigenvalue weighted by Gasteiger charge is -2.05. The maximum absolute atomic E-state index is 10.9. The van der Waals surface area contributed by atoms with Crippen molar-refractivity contribution >= 4 is 5.97 Å². The lowest BCUT2D eigenvalue weighted by Crippen LogP contribution is -1.97. The second-order valence-corrected chi connectivity index (χ2v) is 4.35. The Hall–Kier alpha value is -2.73. The Morgan fingerprint density at radius 2 is 1.76 bits per heavy atom. The molecule has 3 nitrogen and oxygen atoms in total. The van der Waals surface area contributed by atoms with E-state index in [1.807, 2.05) is 54.6 Å². The second kappa shape index (κ2) is 7.76. The number of ether oxygens (including phenoxy) is 2. The normalized spacial score (nSPS) is 9.38. The number of rotatable bonds is 4. The molecule has 0 unspecified atom stereocenters. The van der Waals surface area contributed by atoms with Gasteiger partial charge < -0.3 is 9.47 Å². The van der Waals surface area contributed by atoms with Gasteiger partial charge in [0.25, 0.3) is 0 Å². The van der Waals surface area contributed by atoms with Crippen LogP contribution in [0, 0.1) is 11.8 Å². The summed E-state index contributed by atoms with van der Waals surface area (Å²) >= 11 is 0. The van der Waals surface area contributed by atoms with Gasteiger partial charge in [0, 0.05) is 5.56 Å². The number of esters is 1. The van der Waals surface area contributed by atoms with Crippen molar-refractivity contribution in [2.45, 2.75) is 13.0 Å². The molecule has 0 bridgehead atoms. The van der Waals surface area contributed by atoms with Crippen molar-refractivity contribution in [1.82, 2.24) is 0 Å². The molecule has 0 amide bonds. The SMILES string of the molecule is COC(=O)CC#Cc1ccc(OCc2ccccc2)cc1. The van der Waals surface area contributed by atoms with Gasteiger partial charge in [0.2, 0.25) is 0 Å². The predicted octanol–water partition coefficient (Wildman–Crippen LogP) is 3.18. The third-order valence-corrected chi connectivity index (χ3v) is 2.80. The van der Waals surface area contributed by atoms with Crippen LogP contribution in [0.3, 0.4) is 0 Å². The summed E-state index contributed by atoms with van der Waals surface area (Å²) in [6.45, 7) is 0.536. The van der Waals surface area contributed by atoms with E-state index >= 15 is 0 Å². The highest BCUT2D eigenvalue weighted by Crippen LogP contribution is 2.13. The molecule has 0 spiro atoms. The molecule has 0 heterocycles. The molecule has 3 heteroatoms. The monoisotopic (exact) mass is 280 g/mol. The van der Waals surface area contributed by atoms with E-state index < -0.39 is 0 Å². The third kappa shape index (κ3) is 5.04. The molecule has 0 atom stereocenters. The van der Waals surface area contributed by atoms with Crippen molar-refractivity contribution in [2.75, 3.05) is 7.11 Å². The molecule has 0 fully saturated rings. The van der Waals surface area contributed by atoms with Crippen LogP contribution in [-0.4, -0.2) is 13.1 Å². The first kappa shape index (κ1) is 14.7. The minimum absolute atomic E-state index is 0.1000. The quantitative estimate of drug-likeness (QED) is 0.637. The van der Waals surface area contributed by atoms with Crippen molar-refractivity contribution in [3.05, 3.63) is 65.7 Å². The first-order chi connectivity index (χ1) is 10.3. The summed E-state index contributed by atoms with van der Waals surface area (Å²) in [4.78, 5) is 10.9. The second-order valence-electron chi connectivity index (χ2n) is 4.35. The average Bonchev–Trinajstić information content (AvgIpc) is 2.55. The van der Waals surface area contributed by atoms with Gasteiger partial charge in [-0.1, -0.05) is 42.2 Å². The Morgan fingerprint density at radius 1 is 1.05 bits per heavy atom. The number of methoxy groups -OCH3 is 1. The molecule has 2 rings (SSSR count). The van der Waals surface area contributed by atoms with E-state index in [9.17, 15) is 4.79 Å². The van der Waals surface area contributed by atoms with Crippen LogP contribution in [0.5, 0.6) is 5.75 Å². The van der Waals surface area contributed by atoms with Gasteiger partial charge in [-0.15, -0.1) is 0 Å². The minimum atomic E-state index is -0.328. The van der Waals surface area contributed by atoms with Crippen LogP contribution in [-0.2, 0) is 16.1 Å². The molecule has 21 heavy (non-hydrogen) atoms. The van der Waals surface area contributed by atoms with Crippen LogP contribution in [0.2, 0.25) is 0 Å². The summed E-state index contributed by atoms with van der Waals surface area (Å²) in [7, 11) is 1.35. The van der Waals surface area contributed by atoms with Gasteiger partial charge in [-0.2, -0.15) is 0 Å². The highest BCUT2D eigenvalue weighted by molar-refractivity contribution is 5.72. The van der Waals surface area contributed by atoms with E-state index in [0.29, 0.717) is 6.61 Å². The average molecular weight is 280 g/mol. The Labute approximate surface area is 124 Å². The van der Waals surface area contributed by atoms with E-state index in [1.165, 1.54) is 7.11 Å². The zero-order valence-corrected chi connectivity index (χ0v) is 11.8. The molecule has 2 aromatic carbocycles. The Kier molecular flexibility index (Phi) is 5.42. The van der Waals surface area contributed by atoms with Crippen molar-refractivity contribution in [2.24, 2.45) is 0 Å². The highest BCUT2D eigenvalue weighted by Gasteiger charge is 1.96. The summed E-state index contributed by atoms with van der Waals surface area (Å²) < 4.78 is 10.2. The summed E-state index contributed by atoms with van der Waals surface area (Å²) in [5.41, 5.74) is 1.96. The molecule has 0 aromatic heterocycles. The van der Waals surface area contributed by atoms with Gasteiger partial charge in [-0.3, -0.25) is 4.79 Å². The number of benzene rings is 2. The lowest BCUT2D eigenvalue weighted by molar-refractivity contribution is -0.139. The zero-order valence-electron chi connectivity index (χ0n) is 11.8. The van der Waals surface area contributed by atoms with Crippen molar-refractivity contribution in [3.8, 4) is 17.6 Å². The fourth-order valence-corrected chi connectivity index (χ4v) is 1.67. The fourth-order valence-electron chi connectivity index (χ4n) is 1.67. The summed E-state index contributed by atoms with van der Waals surface area (Å²) in [6, 6.07) is 17.5. The van der Waals surface area contributed by atoms with Gasteiger partial charge in [0.05, 0.1) is 7.11 Å². The first-order valence-corrected chi connectivity index (χ1v) is 6.60. The predicted molar refractivity (Wildman–Crippen MR) is 80.7 cm³/mol. The number of hydrogen-bond acceptors (Lipinski definition) is 3. The summed E-state index contributed by atoms with van der Waals surface area (Å²) in [6.07, 6.45) is 0.1000. The number of carbonyl (C=O) groups excluding carboxylic acids is 1. The zero-order chi connectivity index (χ0) is 14.9. The van der Waals surface area contributed by atoms with E-state index in [4.69, 9.17) is 4.74 Å². The van der Waals surface area contributed by atoms with Crippen LogP contribution in [0.4, 0.5) is 0 Å². The standard InChI is InChI=1S/C18H16O3/c1-20-18(19)9-5-8-15-10-12-17(13-11-15)21-14-16-6-3-2-4-7-16/h2-4,6-7,10-13H,9,14H2,1H3. The Bertz CT molecular complexity index is 634. The van der Waals surface area contributed by atoms with Crippen molar-refractivity contribution in [3.63, 3.8) is 0 Å². The van der Waals surface area contributed by atoms with Crippen molar-refractivity contribution < 1.29 is 14.3 Å². The van der Waals surface area contributed by atoms with Crippen molar-refractivity contribution in [1.29, 1.82) is 0 Å². The Morgan fingerprint density at radius 3 is 2.43 bits per heavy atom. The van der Waals surface area contributed by atoms with E-state index in [0.717, 1.165) is 16.9 Å². The molecule has 0 aliphatic heterocycles. The maximum Gasteiger partial charge on any atom is 0.317 e. The fraction of sp³-hybridized carbons (Fsp3) is 0.167. The maximum atomic E-state index is 10.9. The van der Waals surface area contributed by atoms with E-state index in [1.54, 1.807) is 0 Å². The molecule has 2 aromatic rings. The molecule has 0 saturated heterocycles. The van der Waals surface area contributed by atoms with Gasteiger partial charge in [0.15, 0.2) is 0 Å². The molecule has 0 aliphatic rings. The minimum Gasteiger partial charge on any atom is -0.489 e. The number of hydrogen-bond donors (Lipinski definition) is 0. The largest absolute Gasteiger partial charge is 0.489 e. The topological polar surface area (TPSA) is 35.5 Å². The summed E-state index contributed by atoms with van der Waals surface area (Å²) in [5, 5.41) is 0. The lowest BCUT2D eigenvalue weighted by atomic mass is 10.2. The van der Waals surface area contributed by atoms with E-state index in [2.05, 4.69) is 16.6 Å². The molecule has 106 valence electrons. The van der Waals surface area contributed by atoms with Crippen LogP contribution < -0.4 is 4.74 Å². The third-order valence-electron chi connectivity index (χ3n) is 2.80. The molecular weight excluding hydrogens is 264 g/mol. The number of carbonyl (C=O) groups is 1. The molecule has 0 saturated carbocycles. The molecule has 0 aliphatic carbocycles. The summed E-state index contributed by atoms with van der Waals surface area (Å²) in [5.74, 6) is 6.13. The Balaban J connectivity index is 1.88. The van der Waals surface area contributed by atoms with E-state index in [-0.39, 0.29) is 12.4 Å². The molecule has 0 radical (unpaired) electrons. The van der Waals surface area contributed by atoms with Crippen LogP contribution in [0.1, 0.15) is 17.5 Å². The van der Waals surface area contributed by atoms with Crippen LogP contribution in [0.15, 0.2) is 54.6 Å². The van der Waals surface area contributed by atoms with Gasteiger partial charge in [0.1, 0.15) is 18.8 Å². The smallest absolute Gasteiger partial charge is 0.317 e.